The number of thioether (sulfide) groups is 1. The summed E-state index contributed by atoms with van der Waals surface area (Å²) in [6.07, 6.45) is 1.48. The van der Waals surface area contributed by atoms with Crippen molar-refractivity contribution in [3.05, 3.63) is 58.8 Å². The average molecular weight is 441 g/mol. The minimum absolute atomic E-state index is 0.0409. The molecule has 3 rings (SSSR count). The van der Waals surface area contributed by atoms with Crippen LogP contribution in [-0.4, -0.2) is 42.2 Å². The van der Waals surface area contributed by atoms with Crippen LogP contribution < -0.4 is 14.8 Å². The summed E-state index contributed by atoms with van der Waals surface area (Å²) in [6, 6.07) is 12.2. The third kappa shape index (κ3) is 5.21. The van der Waals surface area contributed by atoms with Crippen LogP contribution in [0.1, 0.15) is 5.56 Å². The molecule has 31 heavy (non-hydrogen) atoms. The van der Waals surface area contributed by atoms with Gasteiger partial charge in [0.2, 0.25) is 5.91 Å². The van der Waals surface area contributed by atoms with Crippen LogP contribution in [0.4, 0.5) is 14.9 Å². The van der Waals surface area contributed by atoms with E-state index in [0.29, 0.717) is 28.8 Å². The zero-order valence-electron chi connectivity index (χ0n) is 16.3. The Morgan fingerprint density at radius 3 is 2.74 bits per heavy atom. The van der Waals surface area contributed by atoms with Gasteiger partial charge in [-0.3, -0.25) is 19.3 Å². The molecule has 1 aliphatic heterocycles. The molecule has 2 aromatic rings. The molecule has 2 aromatic carbocycles. The lowest BCUT2D eigenvalue weighted by molar-refractivity contribution is -0.127. The fourth-order valence-corrected chi connectivity index (χ4v) is 3.53. The van der Waals surface area contributed by atoms with Crippen molar-refractivity contribution in [1.29, 1.82) is 5.26 Å². The Kier molecular flexibility index (Phi) is 6.89. The molecule has 1 heterocycles. The van der Waals surface area contributed by atoms with Gasteiger partial charge in [0.1, 0.15) is 18.4 Å². The second-order valence-corrected chi connectivity index (χ2v) is 7.15. The highest BCUT2D eigenvalue weighted by Gasteiger charge is 2.36. The Hall–Kier alpha value is -3.84. The molecule has 0 radical (unpaired) electrons. The number of ether oxygens (including phenoxy) is 2. The van der Waals surface area contributed by atoms with Gasteiger partial charge in [0.15, 0.2) is 18.1 Å². The summed E-state index contributed by atoms with van der Waals surface area (Å²) < 4.78 is 24.1. The molecule has 0 aliphatic carbocycles. The van der Waals surface area contributed by atoms with Crippen molar-refractivity contribution in [2.75, 3.05) is 25.6 Å². The van der Waals surface area contributed by atoms with Crippen LogP contribution in [0.15, 0.2) is 47.4 Å². The number of imide groups is 1. The first-order chi connectivity index (χ1) is 14.9. The number of nitrogens with zero attached hydrogens (tertiary/aromatic N) is 2. The largest absolute Gasteiger partial charge is 0.493 e. The fraction of sp³-hybridized carbons (Fsp3) is 0.143. The third-order valence-corrected chi connectivity index (χ3v) is 5.01. The fourth-order valence-electron chi connectivity index (χ4n) is 2.69. The van der Waals surface area contributed by atoms with E-state index in [1.165, 1.54) is 31.4 Å². The van der Waals surface area contributed by atoms with Crippen molar-refractivity contribution in [3.63, 3.8) is 0 Å². The summed E-state index contributed by atoms with van der Waals surface area (Å²) >= 11 is 0.689. The number of nitriles is 1. The number of hydrogen-bond acceptors (Lipinski definition) is 7. The lowest BCUT2D eigenvalue weighted by Gasteiger charge is -2.12. The van der Waals surface area contributed by atoms with Crippen molar-refractivity contribution < 1.29 is 28.2 Å². The summed E-state index contributed by atoms with van der Waals surface area (Å²) in [4.78, 5) is 37.9. The highest BCUT2D eigenvalue weighted by molar-refractivity contribution is 8.18. The lowest BCUT2D eigenvalue weighted by Crippen LogP contribution is -2.36. The van der Waals surface area contributed by atoms with Crippen LogP contribution in [-0.2, 0) is 9.59 Å². The molecule has 0 spiro atoms. The number of carbonyl (C=O) groups is 3. The van der Waals surface area contributed by atoms with E-state index in [9.17, 15) is 18.8 Å². The Morgan fingerprint density at radius 1 is 1.26 bits per heavy atom. The minimum Gasteiger partial charge on any atom is -0.493 e. The standard InChI is InChI=1S/C21H16FN3O5S/c1-29-17-10-13(6-7-16(17)30-9-8-23)11-18-20(27)25(21(28)31-18)12-19(26)24-15-5-3-2-4-14(15)22/h2-7,10-11H,9,12H2,1H3,(H,24,26)/b18-11-. The van der Waals surface area contributed by atoms with Crippen LogP contribution in [0.25, 0.3) is 6.08 Å². The predicted molar refractivity (Wildman–Crippen MR) is 112 cm³/mol. The van der Waals surface area contributed by atoms with Crippen LogP contribution >= 0.6 is 11.8 Å². The molecular formula is C21H16FN3O5S. The average Bonchev–Trinajstić information content (AvgIpc) is 3.01. The first-order valence-corrected chi connectivity index (χ1v) is 9.72. The summed E-state index contributed by atoms with van der Waals surface area (Å²) in [5.41, 5.74) is 0.517. The normalized spacial score (nSPS) is 14.5. The smallest absolute Gasteiger partial charge is 0.294 e. The molecule has 0 aromatic heterocycles. The number of methoxy groups -OCH3 is 1. The van der Waals surface area contributed by atoms with E-state index >= 15 is 0 Å². The first kappa shape index (κ1) is 21.9. The van der Waals surface area contributed by atoms with E-state index in [-0.39, 0.29) is 17.2 Å². The molecule has 1 fully saturated rings. The second kappa shape index (κ2) is 9.77. The summed E-state index contributed by atoms with van der Waals surface area (Å²) in [7, 11) is 1.43. The van der Waals surface area contributed by atoms with Gasteiger partial charge in [-0.1, -0.05) is 18.2 Å². The summed E-state index contributed by atoms with van der Waals surface area (Å²) in [5, 5.41) is 10.4. The monoisotopic (exact) mass is 441 g/mol. The Bertz CT molecular complexity index is 1110. The number of para-hydroxylation sites is 1. The topological polar surface area (TPSA) is 109 Å². The Balaban J connectivity index is 1.72. The molecule has 1 N–H and O–H groups in total. The molecule has 0 atom stereocenters. The lowest BCUT2D eigenvalue weighted by atomic mass is 10.2. The van der Waals surface area contributed by atoms with E-state index in [2.05, 4.69) is 5.32 Å². The zero-order chi connectivity index (χ0) is 22.4. The van der Waals surface area contributed by atoms with Crippen molar-refractivity contribution in [3.8, 4) is 17.6 Å². The van der Waals surface area contributed by atoms with Crippen LogP contribution in [0, 0.1) is 17.1 Å². The SMILES string of the molecule is COc1cc(/C=C2\SC(=O)N(CC(=O)Nc3ccccc3F)C2=O)ccc1OCC#N. The molecule has 8 nitrogen and oxygen atoms in total. The van der Waals surface area contributed by atoms with Crippen molar-refractivity contribution in [2.45, 2.75) is 0 Å². The maximum atomic E-state index is 13.7. The first-order valence-electron chi connectivity index (χ1n) is 8.90. The number of carbonyl (C=O) groups excluding carboxylic acids is 3. The van der Waals surface area contributed by atoms with Gasteiger partial charge in [0, 0.05) is 0 Å². The number of nitrogens with one attached hydrogen (secondary N) is 1. The highest BCUT2D eigenvalue weighted by atomic mass is 32.2. The third-order valence-electron chi connectivity index (χ3n) is 4.10. The summed E-state index contributed by atoms with van der Waals surface area (Å²) in [5.74, 6) is -1.25. The molecule has 158 valence electrons. The van der Waals surface area contributed by atoms with E-state index in [0.717, 1.165) is 4.90 Å². The number of benzene rings is 2. The molecule has 0 saturated carbocycles. The molecule has 10 heteroatoms. The van der Waals surface area contributed by atoms with Gasteiger partial charge >= 0.3 is 0 Å². The van der Waals surface area contributed by atoms with Crippen LogP contribution in [0.5, 0.6) is 11.5 Å². The number of hydrogen-bond donors (Lipinski definition) is 1. The Morgan fingerprint density at radius 2 is 2.03 bits per heavy atom. The van der Waals surface area contributed by atoms with Gasteiger partial charge in [-0.2, -0.15) is 5.26 Å². The minimum atomic E-state index is -0.700. The van der Waals surface area contributed by atoms with Crippen LogP contribution in [0.3, 0.4) is 0 Å². The highest BCUT2D eigenvalue weighted by Crippen LogP contribution is 2.34. The number of halogens is 1. The van der Waals surface area contributed by atoms with Gasteiger partial charge in [0.05, 0.1) is 17.7 Å². The van der Waals surface area contributed by atoms with Crippen LogP contribution in [0.2, 0.25) is 0 Å². The van der Waals surface area contributed by atoms with Gasteiger partial charge in [-0.15, -0.1) is 0 Å². The zero-order valence-corrected chi connectivity index (χ0v) is 17.1. The molecule has 0 unspecified atom stereocenters. The Labute approximate surface area is 181 Å². The van der Waals surface area contributed by atoms with E-state index in [1.54, 1.807) is 24.3 Å². The quantitative estimate of drug-likeness (QED) is 0.656. The second-order valence-electron chi connectivity index (χ2n) is 6.15. The maximum absolute atomic E-state index is 13.7. The molecule has 1 aliphatic rings. The van der Waals surface area contributed by atoms with E-state index < -0.39 is 29.4 Å². The molecule has 0 bridgehead atoms. The molecule has 3 amide bonds. The number of amides is 3. The van der Waals surface area contributed by atoms with Crippen molar-refractivity contribution in [1.82, 2.24) is 4.90 Å². The van der Waals surface area contributed by atoms with Crippen molar-refractivity contribution >= 4 is 40.6 Å². The van der Waals surface area contributed by atoms with E-state index in [4.69, 9.17) is 14.7 Å². The van der Waals surface area contributed by atoms with Gasteiger partial charge in [-0.05, 0) is 47.7 Å². The van der Waals surface area contributed by atoms with Gasteiger partial charge in [0.25, 0.3) is 11.1 Å². The van der Waals surface area contributed by atoms with E-state index in [1.807, 2.05) is 6.07 Å². The molecular weight excluding hydrogens is 425 g/mol. The number of anilines is 1. The molecule has 1 saturated heterocycles. The maximum Gasteiger partial charge on any atom is 0.294 e. The van der Waals surface area contributed by atoms with Crippen molar-refractivity contribution in [2.24, 2.45) is 0 Å². The summed E-state index contributed by atoms with van der Waals surface area (Å²) in [6.45, 7) is -0.690. The predicted octanol–water partition coefficient (Wildman–Crippen LogP) is 3.41. The van der Waals surface area contributed by atoms with Gasteiger partial charge < -0.3 is 14.8 Å². The number of rotatable bonds is 7. The van der Waals surface area contributed by atoms with Gasteiger partial charge in [-0.25, -0.2) is 4.39 Å².